The number of carbonyl (C=O) groups is 2. The van der Waals surface area contributed by atoms with Crippen molar-refractivity contribution in [3.63, 3.8) is 0 Å². The first-order valence-corrected chi connectivity index (χ1v) is 13.1. The lowest BCUT2D eigenvalue weighted by Gasteiger charge is -2.33. The van der Waals surface area contributed by atoms with Crippen molar-refractivity contribution in [2.24, 2.45) is 11.8 Å². The Hall–Kier alpha value is -2.30. The zero-order valence-corrected chi connectivity index (χ0v) is 20.6. The van der Waals surface area contributed by atoms with Gasteiger partial charge in [0.15, 0.2) is 0 Å². The molecule has 1 saturated carbocycles. The van der Waals surface area contributed by atoms with E-state index in [1.54, 1.807) is 4.90 Å². The Morgan fingerprint density at radius 3 is 2.09 bits per heavy atom. The van der Waals surface area contributed by atoms with Gasteiger partial charge in [-0.05, 0) is 55.2 Å². The minimum absolute atomic E-state index is 0.0233. The lowest BCUT2D eigenvalue weighted by atomic mass is 9.95. The summed E-state index contributed by atoms with van der Waals surface area (Å²) in [4.78, 5) is 31.4. The van der Waals surface area contributed by atoms with Gasteiger partial charge in [-0.1, -0.05) is 65.0 Å². The summed E-state index contributed by atoms with van der Waals surface area (Å²) in [5, 5.41) is 0. The molecule has 0 unspecified atom stereocenters. The van der Waals surface area contributed by atoms with Gasteiger partial charge in [-0.15, -0.1) is 0 Å². The zero-order valence-electron chi connectivity index (χ0n) is 20.6. The van der Waals surface area contributed by atoms with Crippen molar-refractivity contribution in [3.05, 3.63) is 35.5 Å². The molecule has 180 valence electrons. The van der Waals surface area contributed by atoms with Crippen molar-refractivity contribution in [1.82, 2.24) is 9.80 Å². The predicted octanol–water partition coefficient (Wildman–Crippen LogP) is 5.65. The van der Waals surface area contributed by atoms with Crippen molar-refractivity contribution >= 4 is 17.4 Å². The van der Waals surface area contributed by atoms with Gasteiger partial charge in [-0.2, -0.15) is 0 Å². The van der Waals surface area contributed by atoms with Gasteiger partial charge in [-0.25, -0.2) is 0 Å². The van der Waals surface area contributed by atoms with E-state index < -0.39 is 0 Å². The molecule has 1 aliphatic carbocycles. The van der Waals surface area contributed by atoms with Crippen molar-refractivity contribution in [2.75, 3.05) is 19.7 Å². The van der Waals surface area contributed by atoms with Crippen LogP contribution in [0.25, 0.3) is 5.57 Å². The molecule has 0 bridgehead atoms. The molecule has 3 aliphatic rings. The number of hydrogen-bond acceptors (Lipinski definition) is 4. The first kappa shape index (κ1) is 23.8. The Morgan fingerprint density at radius 1 is 0.879 bits per heavy atom. The average molecular weight is 453 g/mol. The average Bonchev–Trinajstić information content (AvgIpc) is 3.03. The molecule has 5 nitrogen and oxygen atoms in total. The van der Waals surface area contributed by atoms with Gasteiger partial charge in [0, 0.05) is 19.1 Å². The smallest absolute Gasteiger partial charge is 0.278 e. The molecule has 2 aliphatic heterocycles. The maximum atomic E-state index is 13.8. The summed E-state index contributed by atoms with van der Waals surface area (Å²) in [5.74, 6) is 1.74. The number of piperidine rings is 1. The number of ether oxygens (including phenoxy) is 1. The van der Waals surface area contributed by atoms with Crippen molar-refractivity contribution in [1.29, 1.82) is 0 Å². The van der Waals surface area contributed by atoms with E-state index in [1.165, 1.54) is 19.3 Å². The predicted molar refractivity (Wildman–Crippen MR) is 132 cm³/mol. The summed E-state index contributed by atoms with van der Waals surface area (Å²) < 4.78 is 5.84. The van der Waals surface area contributed by atoms with Gasteiger partial charge >= 0.3 is 0 Å². The highest BCUT2D eigenvalue weighted by molar-refractivity contribution is 6.35. The highest BCUT2D eigenvalue weighted by atomic mass is 16.5. The monoisotopic (exact) mass is 452 g/mol. The zero-order chi connectivity index (χ0) is 23.4. The third-order valence-electron chi connectivity index (χ3n) is 7.36. The molecule has 2 fully saturated rings. The Kier molecular flexibility index (Phi) is 7.77. The molecule has 2 heterocycles. The minimum Gasteiger partial charge on any atom is -0.493 e. The van der Waals surface area contributed by atoms with Crippen LogP contribution in [-0.4, -0.2) is 47.4 Å². The highest BCUT2D eigenvalue weighted by Gasteiger charge is 2.44. The van der Waals surface area contributed by atoms with E-state index in [1.807, 2.05) is 24.3 Å². The summed E-state index contributed by atoms with van der Waals surface area (Å²) in [6, 6.07) is 7.78. The van der Waals surface area contributed by atoms with E-state index in [4.69, 9.17) is 4.74 Å². The third kappa shape index (κ3) is 5.44. The fourth-order valence-electron chi connectivity index (χ4n) is 5.33. The molecule has 1 aromatic rings. The second kappa shape index (κ2) is 10.8. The van der Waals surface area contributed by atoms with Gasteiger partial charge in [0.1, 0.15) is 11.4 Å². The lowest BCUT2D eigenvalue weighted by molar-refractivity contribution is -0.140. The second-order valence-electron chi connectivity index (χ2n) is 10.6. The number of likely N-dealkylation sites (tertiary alicyclic amines) is 1. The van der Waals surface area contributed by atoms with Gasteiger partial charge in [0.25, 0.3) is 11.8 Å². The van der Waals surface area contributed by atoms with Crippen LogP contribution in [0, 0.1) is 11.8 Å². The molecule has 0 aromatic heterocycles. The van der Waals surface area contributed by atoms with Crippen LogP contribution in [0.3, 0.4) is 0 Å². The fraction of sp³-hybridized carbons (Fsp3) is 0.643. The van der Waals surface area contributed by atoms with Crippen LogP contribution in [0.4, 0.5) is 0 Å². The highest BCUT2D eigenvalue weighted by Crippen LogP contribution is 2.37. The van der Waals surface area contributed by atoms with Crippen LogP contribution >= 0.6 is 0 Å². The Morgan fingerprint density at radius 2 is 1.48 bits per heavy atom. The first-order chi connectivity index (χ1) is 16.0. The fourth-order valence-corrected chi connectivity index (χ4v) is 5.33. The van der Waals surface area contributed by atoms with Crippen LogP contribution in [-0.2, 0) is 9.59 Å². The van der Waals surface area contributed by atoms with E-state index in [0.29, 0.717) is 29.7 Å². The van der Waals surface area contributed by atoms with Crippen LogP contribution in [0.1, 0.15) is 84.1 Å². The Bertz CT molecular complexity index is 858. The molecule has 0 radical (unpaired) electrons. The van der Waals surface area contributed by atoms with Gasteiger partial charge in [-0.3, -0.25) is 14.5 Å². The van der Waals surface area contributed by atoms with Crippen LogP contribution in [0.15, 0.2) is 30.0 Å². The first-order valence-electron chi connectivity index (χ1n) is 13.1. The third-order valence-corrected chi connectivity index (χ3v) is 7.36. The van der Waals surface area contributed by atoms with Crippen LogP contribution < -0.4 is 4.74 Å². The van der Waals surface area contributed by atoms with Crippen molar-refractivity contribution in [2.45, 2.75) is 84.6 Å². The standard InChI is InChI=1S/C28H40N2O3/c1-20(2)19-33-24-13-11-22(12-14-24)25-26(29-17-15-21(3)16-18-29)28(32)30(27(25)31)23-9-7-5-4-6-8-10-23/h11-14,20-21,23H,4-10,15-19H2,1-3H3. The molecular formula is C28H40N2O3. The molecule has 1 aromatic carbocycles. The quantitative estimate of drug-likeness (QED) is 0.524. The van der Waals surface area contributed by atoms with E-state index >= 15 is 0 Å². The number of amides is 2. The summed E-state index contributed by atoms with van der Waals surface area (Å²) in [5.41, 5.74) is 2.05. The molecule has 4 rings (SSSR count). The number of benzene rings is 1. The van der Waals surface area contributed by atoms with Gasteiger partial charge in [0.2, 0.25) is 0 Å². The summed E-state index contributed by atoms with van der Waals surface area (Å²) >= 11 is 0. The topological polar surface area (TPSA) is 49.9 Å². The molecule has 0 spiro atoms. The molecule has 1 saturated heterocycles. The van der Waals surface area contributed by atoms with E-state index in [9.17, 15) is 9.59 Å². The normalized spacial score (nSPS) is 21.7. The van der Waals surface area contributed by atoms with E-state index in [-0.39, 0.29) is 17.9 Å². The second-order valence-corrected chi connectivity index (χ2v) is 10.6. The van der Waals surface area contributed by atoms with E-state index in [2.05, 4.69) is 25.7 Å². The maximum absolute atomic E-state index is 13.8. The Labute approximate surface area is 199 Å². The Balaban J connectivity index is 1.64. The van der Waals surface area contributed by atoms with Crippen molar-refractivity contribution in [3.8, 4) is 5.75 Å². The number of rotatable bonds is 6. The lowest BCUT2D eigenvalue weighted by Crippen LogP contribution is -2.43. The summed E-state index contributed by atoms with van der Waals surface area (Å²) in [7, 11) is 0. The molecule has 0 N–H and O–H groups in total. The van der Waals surface area contributed by atoms with Crippen LogP contribution in [0.5, 0.6) is 5.75 Å². The molecular weight excluding hydrogens is 412 g/mol. The summed E-state index contributed by atoms with van der Waals surface area (Å²) in [6.45, 7) is 8.85. The van der Waals surface area contributed by atoms with E-state index in [0.717, 1.165) is 62.9 Å². The SMILES string of the molecule is CC(C)COc1ccc(C2=C(N3CCC(C)CC3)C(=O)N(C3CCCCCCC3)C2=O)cc1. The number of nitrogens with zero attached hydrogens (tertiary/aromatic N) is 2. The summed E-state index contributed by atoms with van der Waals surface area (Å²) in [6.07, 6.45) is 9.82. The molecule has 33 heavy (non-hydrogen) atoms. The molecule has 5 heteroatoms. The minimum atomic E-state index is -0.102. The molecule has 2 amide bonds. The van der Waals surface area contributed by atoms with Gasteiger partial charge in [0.05, 0.1) is 12.2 Å². The number of imide groups is 1. The number of hydrogen-bond donors (Lipinski definition) is 0. The maximum Gasteiger partial charge on any atom is 0.278 e. The molecule has 0 atom stereocenters. The van der Waals surface area contributed by atoms with Crippen LogP contribution in [0.2, 0.25) is 0 Å². The van der Waals surface area contributed by atoms with Crippen molar-refractivity contribution < 1.29 is 14.3 Å². The number of carbonyl (C=O) groups excluding carboxylic acids is 2. The largest absolute Gasteiger partial charge is 0.493 e. The van der Waals surface area contributed by atoms with Gasteiger partial charge < -0.3 is 9.64 Å².